The molecule has 1 aromatic heterocycles. The average molecular weight is 454 g/mol. The molecular formula is C26H35N3O2S. The van der Waals surface area contributed by atoms with E-state index in [0.717, 1.165) is 35.0 Å². The van der Waals surface area contributed by atoms with Crippen LogP contribution < -0.4 is 0 Å². The molecule has 1 amide bonds. The van der Waals surface area contributed by atoms with Gasteiger partial charge in [0.25, 0.3) is 0 Å². The van der Waals surface area contributed by atoms with Gasteiger partial charge in [0, 0.05) is 31.1 Å². The predicted molar refractivity (Wildman–Crippen MR) is 131 cm³/mol. The minimum Gasteiger partial charge on any atom is -0.443 e. The lowest BCUT2D eigenvalue weighted by atomic mass is 9.98. The van der Waals surface area contributed by atoms with Gasteiger partial charge < -0.3 is 9.64 Å². The number of benzene rings is 1. The number of aromatic nitrogens is 1. The SMILES string of the molecule is C[C@H]1CC=C(c2ccc3sc([C@H]4C[C@@H]5CN(C)C[C@@H]5C4)nc3c2)N(C(=O)OC(C)(C)C)C1. The lowest BCUT2D eigenvalue weighted by molar-refractivity contribution is 0.0327. The molecule has 0 spiro atoms. The Balaban J connectivity index is 1.40. The zero-order valence-electron chi connectivity index (χ0n) is 19.9. The summed E-state index contributed by atoms with van der Waals surface area (Å²) in [6.07, 6.45) is 5.43. The molecule has 1 aromatic carbocycles. The van der Waals surface area contributed by atoms with E-state index >= 15 is 0 Å². The molecule has 5 nitrogen and oxygen atoms in total. The molecule has 6 heteroatoms. The van der Waals surface area contributed by atoms with Crippen LogP contribution in [0.3, 0.4) is 0 Å². The molecule has 1 saturated heterocycles. The second-order valence-corrected chi connectivity index (χ2v) is 12.2. The van der Waals surface area contributed by atoms with Gasteiger partial charge in [-0.1, -0.05) is 19.1 Å². The summed E-state index contributed by atoms with van der Waals surface area (Å²) in [5.41, 5.74) is 2.55. The monoisotopic (exact) mass is 453 g/mol. The normalized spacial score (nSPS) is 28.8. The molecule has 2 fully saturated rings. The first-order valence-electron chi connectivity index (χ1n) is 12.0. The standard InChI is InChI=1S/C26H35N3O2S/c1-16-6-8-22(29(13-16)25(30)31-26(2,3)4)17-7-9-23-21(12-17)27-24(32-23)18-10-19-14-28(5)15-20(19)11-18/h7-9,12,16,18-20H,6,10-11,13-15H2,1-5H3/t16-,18-,19+,20-/m0/s1. The Morgan fingerprint density at radius 1 is 1.16 bits per heavy atom. The number of likely N-dealkylation sites (tertiary alicyclic amines) is 1. The number of ether oxygens (including phenoxy) is 1. The van der Waals surface area contributed by atoms with Crippen molar-refractivity contribution >= 4 is 33.3 Å². The van der Waals surface area contributed by atoms with E-state index in [0.29, 0.717) is 18.4 Å². The number of carbonyl (C=O) groups excluding carboxylic acids is 1. The van der Waals surface area contributed by atoms with Crippen molar-refractivity contribution in [3.63, 3.8) is 0 Å². The Morgan fingerprint density at radius 2 is 1.88 bits per heavy atom. The fourth-order valence-corrected chi connectivity index (χ4v) is 6.76. The predicted octanol–water partition coefficient (Wildman–Crippen LogP) is 5.97. The molecule has 2 aliphatic heterocycles. The van der Waals surface area contributed by atoms with Gasteiger partial charge in [0.1, 0.15) is 5.60 Å². The van der Waals surface area contributed by atoms with E-state index in [1.807, 2.05) is 37.0 Å². The largest absolute Gasteiger partial charge is 0.443 e. The zero-order chi connectivity index (χ0) is 22.6. The molecule has 1 aliphatic carbocycles. The highest BCUT2D eigenvalue weighted by molar-refractivity contribution is 7.18. The van der Waals surface area contributed by atoms with Gasteiger partial charge in [0.15, 0.2) is 0 Å². The highest BCUT2D eigenvalue weighted by Crippen LogP contribution is 2.47. The Bertz CT molecular complexity index is 1040. The van der Waals surface area contributed by atoms with Gasteiger partial charge in [-0.2, -0.15) is 0 Å². The van der Waals surface area contributed by atoms with E-state index < -0.39 is 5.60 Å². The minimum absolute atomic E-state index is 0.267. The Kier molecular flexibility index (Phi) is 5.57. The van der Waals surface area contributed by atoms with E-state index in [1.54, 1.807) is 0 Å². The fourth-order valence-electron chi connectivity index (χ4n) is 5.69. The first kappa shape index (κ1) is 21.9. The number of thiazole rings is 1. The highest BCUT2D eigenvalue weighted by atomic mass is 32.1. The first-order valence-corrected chi connectivity index (χ1v) is 12.8. The van der Waals surface area contributed by atoms with Crippen LogP contribution in [0.5, 0.6) is 0 Å². The van der Waals surface area contributed by atoms with Gasteiger partial charge >= 0.3 is 6.09 Å². The van der Waals surface area contributed by atoms with Crippen molar-refractivity contribution in [3.8, 4) is 0 Å². The quantitative estimate of drug-likeness (QED) is 0.562. The molecule has 0 radical (unpaired) electrons. The zero-order valence-corrected chi connectivity index (χ0v) is 20.7. The summed E-state index contributed by atoms with van der Waals surface area (Å²) >= 11 is 1.86. The number of amides is 1. The first-order chi connectivity index (χ1) is 15.2. The number of carbonyl (C=O) groups is 1. The second-order valence-electron chi connectivity index (χ2n) is 11.2. The van der Waals surface area contributed by atoms with Crippen LogP contribution in [-0.2, 0) is 4.74 Å². The van der Waals surface area contributed by atoms with Crippen LogP contribution in [0.15, 0.2) is 24.3 Å². The van der Waals surface area contributed by atoms with E-state index in [1.165, 1.54) is 35.6 Å². The summed E-state index contributed by atoms with van der Waals surface area (Å²) in [6.45, 7) is 11.1. The number of fused-ring (bicyclic) bond motifs is 2. The molecule has 32 heavy (non-hydrogen) atoms. The van der Waals surface area contributed by atoms with E-state index in [9.17, 15) is 4.79 Å². The molecule has 2 aromatic rings. The van der Waals surface area contributed by atoms with Crippen molar-refractivity contribution in [3.05, 3.63) is 34.8 Å². The smallest absolute Gasteiger partial charge is 0.414 e. The topological polar surface area (TPSA) is 45.7 Å². The molecular weight excluding hydrogens is 418 g/mol. The van der Waals surface area contributed by atoms with E-state index in [-0.39, 0.29) is 6.09 Å². The third kappa shape index (κ3) is 4.32. The van der Waals surface area contributed by atoms with Crippen LogP contribution in [0.2, 0.25) is 0 Å². The van der Waals surface area contributed by atoms with Gasteiger partial charge in [0.2, 0.25) is 0 Å². The molecule has 0 N–H and O–H groups in total. The van der Waals surface area contributed by atoms with Crippen molar-refractivity contribution in [2.24, 2.45) is 17.8 Å². The summed E-state index contributed by atoms with van der Waals surface area (Å²) in [4.78, 5) is 22.3. The number of nitrogens with zero attached hydrogens (tertiary/aromatic N) is 3. The van der Waals surface area contributed by atoms with Gasteiger partial charge in [-0.15, -0.1) is 11.3 Å². The Labute approximate surface area is 195 Å². The molecule has 172 valence electrons. The Hall–Kier alpha value is -1.92. The van der Waals surface area contributed by atoms with E-state index in [2.05, 4.69) is 43.1 Å². The van der Waals surface area contributed by atoms with Crippen LogP contribution in [0.1, 0.15) is 63.4 Å². The summed E-state index contributed by atoms with van der Waals surface area (Å²) in [5, 5.41) is 1.30. The highest BCUT2D eigenvalue weighted by Gasteiger charge is 2.41. The van der Waals surface area contributed by atoms with Gasteiger partial charge in [-0.3, -0.25) is 4.90 Å². The van der Waals surface area contributed by atoms with Crippen LogP contribution in [0, 0.1) is 17.8 Å². The molecule has 1 saturated carbocycles. The van der Waals surface area contributed by atoms with Gasteiger partial charge in [0.05, 0.1) is 20.9 Å². The second kappa shape index (κ2) is 8.14. The lowest BCUT2D eigenvalue weighted by Crippen LogP contribution is -2.39. The fraction of sp³-hybridized carbons (Fsp3) is 0.615. The number of hydrogen-bond donors (Lipinski definition) is 0. The maximum absolute atomic E-state index is 12.9. The minimum atomic E-state index is -0.509. The molecule has 4 atom stereocenters. The number of hydrogen-bond acceptors (Lipinski definition) is 5. The average Bonchev–Trinajstić information content (AvgIpc) is 3.38. The van der Waals surface area contributed by atoms with Crippen LogP contribution in [0.25, 0.3) is 15.9 Å². The number of rotatable bonds is 2. The summed E-state index contributed by atoms with van der Waals surface area (Å²) < 4.78 is 6.95. The summed E-state index contributed by atoms with van der Waals surface area (Å²) in [6, 6.07) is 6.49. The lowest BCUT2D eigenvalue weighted by Gasteiger charge is -2.33. The molecule has 3 heterocycles. The van der Waals surface area contributed by atoms with Crippen LogP contribution in [-0.4, -0.2) is 53.2 Å². The van der Waals surface area contributed by atoms with Crippen molar-refractivity contribution in [1.82, 2.24) is 14.8 Å². The van der Waals surface area contributed by atoms with Crippen LogP contribution in [0.4, 0.5) is 4.79 Å². The third-order valence-electron chi connectivity index (χ3n) is 7.10. The molecule has 5 rings (SSSR count). The van der Waals surface area contributed by atoms with Crippen molar-refractivity contribution in [2.45, 2.75) is 58.5 Å². The van der Waals surface area contributed by atoms with Gasteiger partial charge in [-0.25, -0.2) is 9.78 Å². The third-order valence-corrected chi connectivity index (χ3v) is 8.29. The van der Waals surface area contributed by atoms with Crippen molar-refractivity contribution in [2.75, 3.05) is 26.7 Å². The van der Waals surface area contributed by atoms with Crippen molar-refractivity contribution < 1.29 is 9.53 Å². The van der Waals surface area contributed by atoms with Gasteiger partial charge in [-0.05, 0) is 77.0 Å². The maximum Gasteiger partial charge on any atom is 0.414 e. The molecule has 0 unspecified atom stereocenters. The summed E-state index contributed by atoms with van der Waals surface area (Å²) in [5.74, 6) is 2.70. The summed E-state index contributed by atoms with van der Waals surface area (Å²) in [7, 11) is 2.24. The van der Waals surface area contributed by atoms with Crippen molar-refractivity contribution in [1.29, 1.82) is 0 Å². The molecule has 3 aliphatic rings. The maximum atomic E-state index is 12.9. The van der Waals surface area contributed by atoms with Crippen LogP contribution >= 0.6 is 11.3 Å². The van der Waals surface area contributed by atoms with E-state index in [4.69, 9.17) is 9.72 Å². The number of allylic oxidation sites excluding steroid dienone is 1. The molecule has 0 bridgehead atoms. The Morgan fingerprint density at radius 3 is 2.56 bits per heavy atom.